The highest BCUT2D eigenvalue weighted by atomic mass is 19.4. The Morgan fingerprint density at radius 3 is 2.00 bits per heavy atom. The first-order chi connectivity index (χ1) is 11.4. The van der Waals surface area contributed by atoms with Gasteiger partial charge < -0.3 is 9.88 Å². The summed E-state index contributed by atoms with van der Waals surface area (Å²) in [4.78, 5) is 23.8. The van der Waals surface area contributed by atoms with E-state index in [0.29, 0.717) is 12.1 Å². The summed E-state index contributed by atoms with van der Waals surface area (Å²) in [7, 11) is 1.34. The predicted molar refractivity (Wildman–Crippen MR) is 76.1 cm³/mol. The van der Waals surface area contributed by atoms with Crippen molar-refractivity contribution in [2.45, 2.75) is 12.4 Å². The first-order valence-corrected chi connectivity index (χ1v) is 6.66. The van der Waals surface area contributed by atoms with Gasteiger partial charge in [-0.15, -0.1) is 0 Å². The standard InChI is InChI=1S/C15H10F6N2O2/c1-23-4-2-3-11(13(23)25)12(24)22-10-6-8(14(16,17)18)5-9(7-10)15(19,20)21/h2-7H,1H3,(H,22,24). The van der Waals surface area contributed by atoms with Crippen molar-refractivity contribution in [3.8, 4) is 0 Å². The van der Waals surface area contributed by atoms with Crippen LogP contribution in [-0.2, 0) is 19.4 Å². The summed E-state index contributed by atoms with van der Waals surface area (Å²) in [6.45, 7) is 0. The Kier molecular flexibility index (Phi) is 4.65. The van der Waals surface area contributed by atoms with Gasteiger partial charge in [0.05, 0.1) is 11.1 Å². The minimum atomic E-state index is -5.04. The number of aromatic nitrogens is 1. The zero-order valence-corrected chi connectivity index (χ0v) is 12.5. The number of halogens is 6. The number of benzene rings is 1. The molecule has 10 heteroatoms. The fourth-order valence-electron chi connectivity index (χ4n) is 2.00. The van der Waals surface area contributed by atoms with Gasteiger partial charge >= 0.3 is 12.4 Å². The van der Waals surface area contributed by atoms with E-state index in [2.05, 4.69) is 0 Å². The summed E-state index contributed by atoms with van der Waals surface area (Å²) in [5.41, 5.74) is -5.03. The summed E-state index contributed by atoms with van der Waals surface area (Å²) in [6.07, 6.45) is -8.74. The van der Waals surface area contributed by atoms with Gasteiger partial charge in [0, 0.05) is 18.9 Å². The second kappa shape index (κ2) is 6.26. The Hall–Kier alpha value is -2.78. The van der Waals surface area contributed by atoms with Crippen molar-refractivity contribution in [3.63, 3.8) is 0 Å². The number of hydrogen-bond acceptors (Lipinski definition) is 2. The summed E-state index contributed by atoms with van der Waals surface area (Å²) in [5.74, 6) is -1.12. The van der Waals surface area contributed by atoms with E-state index in [0.717, 1.165) is 10.6 Å². The average Bonchev–Trinajstić information content (AvgIpc) is 2.47. The molecule has 2 aromatic rings. The van der Waals surface area contributed by atoms with E-state index in [1.807, 2.05) is 5.32 Å². The second-order valence-electron chi connectivity index (χ2n) is 5.09. The van der Waals surface area contributed by atoms with Crippen molar-refractivity contribution in [3.05, 3.63) is 63.6 Å². The summed E-state index contributed by atoms with van der Waals surface area (Å²) < 4.78 is 77.7. The van der Waals surface area contributed by atoms with E-state index in [9.17, 15) is 35.9 Å². The van der Waals surface area contributed by atoms with Gasteiger partial charge in [0.2, 0.25) is 0 Å². The lowest BCUT2D eigenvalue weighted by atomic mass is 10.1. The molecule has 1 aromatic heterocycles. The van der Waals surface area contributed by atoms with Crippen LogP contribution in [0.5, 0.6) is 0 Å². The number of hydrogen-bond donors (Lipinski definition) is 1. The fraction of sp³-hybridized carbons (Fsp3) is 0.200. The number of nitrogens with one attached hydrogen (secondary N) is 1. The number of anilines is 1. The topological polar surface area (TPSA) is 51.1 Å². The maximum Gasteiger partial charge on any atom is 0.416 e. The quantitative estimate of drug-likeness (QED) is 0.827. The smallest absolute Gasteiger partial charge is 0.322 e. The van der Waals surface area contributed by atoms with Crippen LogP contribution in [0.15, 0.2) is 41.3 Å². The van der Waals surface area contributed by atoms with E-state index in [4.69, 9.17) is 0 Å². The Balaban J connectivity index is 2.47. The molecule has 0 aliphatic heterocycles. The van der Waals surface area contributed by atoms with Crippen LogP contribution in [-0.4, -0.2) is 10.5 Å². The third-order valence-corrected chi connectivity index (χ3v) is 3.21. The van der Waals surface area contributed by atoms with E-state index in [1.54, 1.807) is 0 Å². The Morgan fingerprint density at radius 1 is 1.00 bits per heavy atom. The molecule has 0 saturated heterocycles. The van der Waals surface area contributed by atoms with Gasteiger partial charge in [-0.05, 0) is 30.3 Å². The summed E-state index contributed by atoms with van der Waals surface area (Å²) in [5, 5.41) is 1.90. The fourth-order valence-corrected chi connectivity index (χ4v) is 2.00. The molecule has 2 rings (SSSR count). The van der Waals surface area contributed by atoms with Crippen LogP contribution in [0, 0.1) is 0 Å². The van der Waals surface area contributed by atoms with Crippen molar-refractivity contribution < 1.29 is 31.1 Å². The van der Waals surface area contributed by atoms with Gasteiger partial charge in [-0.2, -0.15) is 26.3 Å². The van der Waals surface area contributed by atoms with Crippen LogP contribution in [0.25, 0.3) is 0 Å². The van der Waals surface area contributed by atoms with Crippen LogP contribution < -0.4 is 10.9 Å². The molecule has 25 heavy (non-hydrogen) atoms. The molecule has 0 spiro atoms. The minimum absolute atomic E-state index is 0.0583. The number of pyridine rings is 1. The van der Waals surface area contributed by atoms with Gasteiger partial charge in [0.25, 0.3) is 11.5 Å². The monoisotopic (exact) mass is 364 g/mol. The number of amides is 1. The SMILES string of the molecule is Cn1cccc(C(=O)Nc2cc(C(F)(F)F)cc(C(F)(F)F)c2)c1=O. The van der Waals surface area contributed by atoms with Gasteiger partial charge in [-0.25, -0.2) is 0 Å². The first kappa shape index (κ1) is 18.6. The highest BCUT2D eigenvalue weighted by Crippen LogP contribution is 2.37. The zero-order chi connectivity index (χ0) is 19.0. The maximum absolute atomic E-state index is 12.8. The molecule has 0 unspecified atom stereocenters. The molecular weight excluding hydrogens is 354 g/mol. The lowest BCUT2D eigenvalue weighted by molar-refractivity contribution is -0.143. The number of rotatable bonds is 2. The van der Waals surface area contributed by atoms with Crippen molar-refractivity contribution in [1.29, 1.82) is 0 Å². The minimum Gasteiger partial charge on any atom is -0.322 e. The second-order valence-corrected chi connectivity index (χ2v) is 5.09. The molecule has 4 nitrogen and oxygen atoms in total. The number of alkyl halides is 6. The maximum atomic E-state index is 12.8. The number of carbonyl (C=O) groups excluding carboxylic acids is 1. The lowest BCUT2D eigenvalue weighted by Crippen LogP contribution is -2.27. The van der Waals surface area contributed by atoms with E-state index >= 15 is 0 Å². The van der Waals surface area contributed by atoms with Crippen LogP contribution in [0.1, 0.15) is 21.5 Å². The van der Waals surface area contributed by atoms with E-state index < -0.39 is 46.2 Å². The molecule has 0 fully saturated rings. The summed E-state index contributed by atoms with van der Waals surface area (Å²) in [6, 6.07) is 3.11. The zero-order valence-electron chi connectivity index (χ0n) is 12.5. The molecular formula is C15H10F6N2O2. The number of nitrogens with zero attached hydrogens (tertiary/aromatic N) is 1. The van der Waals surface area contributed by atoms with E-state index in [-0.39, 0.29) is 6.07 Å². The predicted octanol–water partition coefficient (Wildman–Crippen LogP) is 3.68. The van der Waals surface area contributed by atoms with Gasteiger partial charge in [0.15, 0.2) is 0 Å². The van der Waals surface area contributed by atoms with Gasteiger partial charge in [-0.1, -0.05) is 0 Å². The molecule has 1 aromatic carbocycles. The molecule has 134 valence electrons. The highest BCUT2D eigenvalue weighted by Gasteiger charge is 2.37. The van der Waals surface area contributed by atoms with Crippen molar-refractivity contribution in [2.24, 2.45) is 7.05 Å². The molecule has 0 bridgehead atoms. The number of aryl methyl sites for hydroxylation is 1. The molecule has 1 heterocycles. The molecule has 1 amide bonds. The van der Waals surface area contributed by atoms with Crippen molar-refractivity contribution in [1.82, 2.24) is 4.57 Å². The Morgan fingerprint density at radius 2 is 1.52 bits per heavy atom. The van der Waals surface area contributed by atoms with Crippen LogP contribution in [0.2, 0.25) is 0 Å². The third kappa shape index (κ3) is 4.20. The van der Waals surface area contributed by atoms with E-state index in [1.165, 1.54) is 19.3 Å². The average molecular weight is 364 g/mol. The van der Waals surface area contributed by atoms with Crippen molar-refractivity contribution in [2.75, 3.05) is 5.32 Å². The van der Waals surface area contributed by atoms with Gasteiger partial charge in [-0.3, -0.25) is 9.59 Å². The molecule has 0 radical (unpaired) electrons. The molecule has 1 N–H and O–H groups in total. The first-order valence-electron chi connectivity index (χ1n) is 6.66. The van der Waals surface area contributed by atoms with Crippen LogP contribution in [0.4, 0.5) is 32.0 Å². The largest absolute Gasteiger partial charge is 0.416 e. The Labute approximate surface area is 136 Å². The van der Waals surface area contributed by atoms with Gasteiger partial charge in [0.1, 0.15) is 5.56 Å². The third-order valence-electron chi connectivity index (χ3n) is 3.21. The summed E-state index contributed by atoms with van der Waals surface area (Å²) >= 11 is 0. The number of carbonyl (C=O) groups is 1. The molecule has 0 aliphatic carbocycles. The Bertz CT molecular complexity index is 835. The molecule has 0 atom stereocenters. The molecule has 0 saturated carbocycles. The highest BCUT2D eigenvalue weighted by molar-refractivity contribution is 6.04. The van der Waals surface area contributed by atoms with Crippen molar-refractivity contribution >= 4 is 11.6 Å². The molecule has 0 aliphatic rings. The normalized spacial score (nSPS) is 12.1. The van der Waals surface area contributed by atoms with Crippen LogP contribution in [0.3, 0.4) is 0 Å². The van der Waals surface area contributed by atoms with Crippen LogP contribution >= 0.6 is 0 Å². The lowest BCUT2D eigenvalue weighted by Gasteiger charge is -2.14.